The predicted octanol–water partition coefficient (Wildman–Crippen LogP) is 2.07. The quantitative estimate of drug-likeness (QED) is 0.630. The van der Waals surface area contributed by atoms with E-state index in [4.69, 9.17) is 0 Å². The van der Waals surface area contributed by atoms with Crippen molar-refractivity contribution in [2.75, 3.05) is 20.6 Å². The second kappa shape index (κ2) is 8.95. The average Bonchev–Trinajstić information content (AvgIpc) is 3.08. The zero-order chi connectivity index (χ0) is 16.5. The van der Waals surface area contributed by atoms with E-state index >= 15 is 0 Å². The van der Waals surface area contributed by atoms with Crippen LogP contribution in [-0.2, 0) is 17.9 Å². The van der Waals surface area contributed by atoms with Gasteiger partial charge in [-0.1, -0.05) is 36.4 Å². The molecule has 0 saturated heterocycles. The number of carbonyl (C=O) groups excluding carboxylic acids is 1. The summed E-state index contributed by atoms with van der Waals surface area (Å²) in [5, 5.41) is 8.39. The van der Waals surface area contributed by atoms with E-state index in [9.17, 15) is 4.79 Å². The smallest absolute Gasteiger partial charge is 0.241 e. The molecule has 2 N–H and O–H groups in total. The number of guanidine groups is 1. The van der Waals surface area contributed by atoms with Crippen LogP contribution in [0.3, 0.4) is 0 Å². The normalized spacial score (nSPS) is 11.1. The summed E-state index contributed by atoms with van der Waals surface area (Å²) in [4.78, 5) is 19.1. The Morgan fingerprint density at radius 1 is 1.13 bits per heavy atom. The van der Waals surface area contributed by atoms with Crippen LogP contribution in [0.4, 0.5) is 0 Å². The minimum atomic E-state index is 0.00957. The second-order valence-corrected chi connectivity index (χ2v) is 6.26. The van der Waals surface area contributed by atoms with Gasteiger partial charge in [-0.3, -0.25) is 4.79 Å². The van der Waals surface area contributed by atoms with E-state index in [1.165, 1.54) is 4.88 Å². The maximum Gasteiger partial charge on any atom is 0.241 e. The number of carbonyl (C=O) groups is 1. The molecule has 0 aliphatic rings. The Hall–Kier alpha value is -2.34. The molecule has 5 nitrogen and oxygen atoms in total. The van der Waals surface area contributed by atoms with Gasteiger partial charge in [0.2, 0.25) is 5.91 Å². The lowest BCUT2D eigenvalue weighted by Crippen LogP contribution is -2.42. The highest BCUT2D eigenvalue weighted by Crippen LogP contribution is 2.07. The standard InChI is InChI=1S/C17H22N4OS/c1-21(2)16(22)13-20-17(19-12-15-9-6-10-23-15)18-11-14-7-4-3-5-8-14/h3-10H,11-13H2,1-2H3,(H2,18,19,20). The Labute approximate surface area is 141 Å². The molecule has 122 valence electrons. The highest BCUT2D eigenvalue weighted by molar-refractivity contribution is 7.09. The number of hydrogen-bond donors (Lipinski definition) is 2. The summed E-state index contributed by atoms with van der Waals surface area (Å²) in [6.45, 7) is 1.48. The molecule has 6 heteroatoms. The van der Waals surface area contributed by atoms with Crippen molar-refractivity contribution in [3.63, 3.8) is 0 Å². The molecule has 0 atom stereocenters. The number of amides is 1. The molecule has 0 bridgehead atoms. The first-order valence-corrected chi connectivity index (χ1v) is 8.32. The summed E-state index contributed by atoms with van der Waals surface area (Å²) in [5.41, 5.74) is 1.13. The fourth-order valence-electron chi connectivity index (χ4n) is 1.83. The van der Waals surface area contributed by atoms with Gasteiger partial charge in [-0.2, -0.15) is 0 Å². The van der Waals surface area contributed by atoms with Gasteiger partial charge in [0.1, 0.15) is 0 Å². The van der Waals surface area contributed by atoms with Gasteiger partial charge in [-0.25, -0.2) is 4.99 Å². The molecule has 0 aliphatic heterocycles. The Bertz CT molecular complexity index is 623. The van der Waals surface area contributed by atoms with Crippen LogP contribution in [0.25, 0.3) is 0 Å². The molecule has 0 aliphatic carbocycles. The maximum atomic E-state index is 11.7. The van der Waals surface area contributed by atoms with Crippen LogP contribution >= 0.6 is 11.3 Å². The van der Waals surface area contributed by atoms with Gasteiger partial charge in [0.05, 0.1) is 19.6 Å². The Morgan fingerprint density at radius 3 is 2.57 bits per heavy atom. The fraction of sp³-hybridized carbons (Fsp3) is 0.294. The Balaban J connectivity index is 1.96. The lowest BCUT2D eigenvalue weighted by atomic mass is 10.2. The van der Waals surface area contributed by atoms with E-state index in [1.54, 1.807) is 30.3 Å². The average molecular weight is 330 g/mol. The van der Waals surface area contributed by atoms with Crippen molar-refractivity contribution >= 4 is 23.2 Å². The van der Waals surface area contributed by atoms with Crippen LogP contribution in [0.2, 0.25) is 0 Å². The minimum absolute atomic E-state index is 0.00957. The van der Waals surface area contributed by atoms with Crippen LogP contribution in [-0.4, -0.2) is 37.4 Å². The number of rotatable bonds is 6. The number of benzene rings is 1. The van der Waals surface area contributed by atoms with Crippen molar-refractivity contribution in [1.82, 2.24) is 15.5 Å². The van der Waals surface area contributed by atoms with Crippen LogP contribution < -0.4 is 10.6 Å². The first-order chi connectivity index (χ1) is 11.1. The molecule has 0 spiro atoms. The van der Waals surface area contributed by atoms with Gasteiger partial charge >= 0.3 is 0 Å². The van der Waals surface area contributed by atoms with Crippen molar-refractivity contribution in [2.45, 2.75) is 13.1 Å². The third-order valence-electron chi connectivity index (χ3n) is 3.18. The molecule has 1 aromatic heterocycles. The molecule has 0 saturated carbocycles. The topological polar surface area (TPSA) is 56.7 Å². The SMILES string of the molecule is CN(C)C(=O)CNC(=NCc1ccccc1)NCc1cccs1. The summed E-state index contributed by atoms with van der Waals surface area (Å²) >= 11 is 1.69. The molecular weight excluding hydrogens is 308 g/mol. The first kappa shape index (κ1) is 17.0. The minimum Gasteiger partial charge on any atom is -0.351 e. The zero-order valence-corrected chi connectivity index (χ0v) is 14.3. The van der Waals surface area contributed by atoms with Gasteiger partial charge in [0.15, 0.2) is 5.96 Å². The Kier molecular flexibility index (Phi) is 6.62. The molecule has 1 amide bonds. The zero-order valence-electron chi connectivity index (χ0n) is 13.5. The van der Waals surface area contributed by atoms with Crippen molar-refractivity contribution in [2.24, 2.45) is 4.99 Å². The highest BCUT2D eigenvalue weighted by Gasteiger charge is 2.06. The number of likely N-dealkylation sites (N-methyl/N-ethyl adjacent to an activating group) is 1. The lowest BCUT2D eigenvalue weighted by Gasteiger charge is -2.14. The van der Waals surface area contributed by atoms with E-state index in [0.717, 1.165) is 5.56 Å². The molecule has 0 radical (unpaired) electrons. The van der Waals surface area contributed by atoms with Crippen molar-refractivity contribution in [1.29, 1.82) is 0 Å². The summed E-state index contributed by atoms with van der Waals surface area (Å²) in [5.74, 6) is 0.646. The van der Waals surface area contributed by atoms with Crippen LogP contribution in [0, 0.1) is 0 Å². The third-order valence-corrected chi connectivity index (χ3v) is 4.05. The summed E-state index contributed by atoms with van der Waals surface area (Å²) in [7, 11) is 3.48. The predicted molar refractivity (Wildman–Crippen MR) is 95.4 cm³/mol. The summed E-state index contributed by atoms with van der Waals surface area (Å²) in [6, 6.07) is 14.1. The summed E-state index contributed by atoms with van der Waals surface area (Å²) in [6.07, 6.45) is 0. The maximum absolute atomic E-state index is 11.7. The van der Waals surface area contributed by atoms with E-state index in [-0.39, 0.29) is 12.5 Å². The lowest BCUT2D eigenvalue weighted by molar-refractivity contribution is -0.127. The molecule has 0 fully saturated rings. The molecule has 2 aromatic rings. The van der Waals surface area contributed by atoms with Crippen LogP contribution in [0.5, 0.6) is 0 Å². The largest absolute Gasteiger partial charge is 0.351 e. The van der Waals surface area contributed by atoms with Crippen LogP contribution in [0.15, 0.2) is 52.8 Å². The fourth-order valence-corrected chi connectivity index (χ4v) is 2.47. The third kappa shape index (κ3) is 6.12. The molecule has 1 aromatic carbocycles. The second-order valence-electron chi connectivity index (χ2n) is 5.23. The number of hydrogen-bond acceptors (Lipinski definition) is 3. The van der Waals surface area contributed by atoms with Crippen molar-refractivity contribution in [3.8, 4) is 0 Å². The monoisotopic (exact) mass is 330 g/mol. The van der Waals surface area contributed by atoms with Gasteiger partial charge in [0, 0.05) is 19.0 Å². The van der Waals surface area contributed by atoms with Gasteiger partial charge < -0.3 is 15.5 Å². The number of nitrogens with zero attached hydrogens (tertiary/aromatic N) is 2. The Morgan fingerprint density at radius 2 is 1.91 bits per heavy atom. The van der Waals surface area contributed by atoms with Crippen molar-refractivity contribution in [3.05, 3.63) is 58.3 Å². The van der Waals surface area contributed by atoms with Gasteiger partial charge in [-0.15, -0.1) is 11.3 Å². The van der Waals surface area contributed by atoms with Gasteiger partial charge in [-0.05, 0) is 17.0 Å². The molecule has 1 heterocycles. The van der Waals surface area contributed by atoms with Gasteiger partial charge in [0.25, 0.3) is 0 Å². The molecule has 2 rings (SSSR count). The van der Waals surface area contributed by atoms with E-state index in [2.05, 4.69) is 21.7 Å². The van der Waals surface area contributed by atoms with E-state index < -0.39 is 0 Å². The molecule has 0 unspecified atom stereocenters. The van der Waals surface area contributed by atoms with E-state index in [0.29, 0.717) is 19.0 Å². The first-order valence-electron chi connectivity index (χ1n) is 7.44. The van der Waals surface area contributed by atoms with Crippen LogP contribution in [0.1, 0.15) is 10.4 Å². The summed E-state index contributed by atoms with van der Waals surface area (Å²) < 4.78 is 0. The highest BCUT2D eigenvalue weighted by atomic mass is 32.1. The molecule has 23 heavy (non-hydrogen) atoms. The van der Waals surface area contributed by atoms with Crippen molar-refractivity contribution < 1.29 is 4.79 Å². The number of thiophene rings is 1. The number of nitrogens with one attached hydrogen (secondary N) is 2. The molecular formula is C17H22N4OS. The van der Waals surface area contributed by atoms with E-state index in [1.807, 2.05) is 41.8 Å². The number of aliphatic imine (C=N–C) groups is 1.